The van der Waals surface area contributed by atoms with Crippen molar-refractivity contribution in [2.75, 3.05) is 6.54 Å². The van der Waals surface area contributed by atoms with Crippen LogP contribution in [0.3, 0.4) is 0 Å². The Morgan fingerprint density at radius 1 is 1.13 bits per heavy atom. The molecule has 0 saturated heterocycles. The molecule has 11 heteroatoms. The highest BCUT2D eigenvalue weighted by Gasteiger charge is 2.77. The van der Waals surface area contributed by atoms with E-state index in [9.17, 15) is 35.5 Å². The predicted molar refractivity (Wildman–Crippen MR) is 63.9 cm³/mol. The Bertz CT molecular complexity index is 516. The number of hydrogen-bond acceptors (Lipinski definition) is 4. The summed E-state index contributed by atoms with van der Waals surface area (Å²) in [6, 6.07) is 0. The average molecular weight is 348 g/mol. The van der Waals surface area contributed by atoms with Crippen molar-refractivity contribution in [3.05, 3.63) is 37.8 Å². The van der Waals surface area contributed by atoms with Crippen molar-refractivity contribution in [2.45, 2.75) is 24.4 Å². The zero-order valence-corrected chi connectivity index (χ0v) is 11.4. The fourth-order valence-corrected chi connectivity index (χ4v) is 1.54. The van der Waals surface area contributed by atoms with E-state index in [0.29, 0.717) is 0 Å². The van der Waals surface area contributed by atoms with Crippen molar-refractivity contribution >= 4 is 5.97 Å². The van der Waals surface area contributed by atoms with Crippen molar-refractivity contribution < 1.29 is 40.3 Å². The first-order chi connectivity index (χ1) is 10.4. The van der Waals surface area contributed by atoms with Gasteiger partial charge >= 0.3 is 24.0 Å². The van der Waals surface area contributed by atoms with Crippen LogP contribution >= 0.6 is 0 Å². The Balaban J connectivity index is 3.00. The van der Waals surface area contributed by atoms with Crippen LogP contribution in [0.1, 0.15) is 0 Å². The zero-order chi connectivity index (χ0) is 18.1. The maximum absolute atomic E-state index is 13.2. The molecule has 1 aliphatic rings. The lowest BCUT2D eigenvalue weighted by atomic mass is 10.1. The summed E-state index contributed by atoms with van der Waals surface area (Å²) in [5.74, 6) is -15.7. The van der Waals surface area contributed by atoms with Gasteiger partial charge in [0.05, 0.1) is 0 Å². The van der Waals surface area contributed by atoms with Gasteiger partial charge in [0, 0.05) is 25.1 Å². The lowest BCUT2D eigenvalue weighted by Crippen LogP contribution is -2.58. The van der Waals surface area contributed by atoms with Crippen LogP contribution in [0.2, 0.25) is 0 Å². The van der Waals surface area contributed by atoms with Crippen LogP contribution in [0.15, 0.2) is 37.8 Å². The number of ether oxygens (including phenoxy) is 1. The Kier molecular flexibility index (Phi) is 5.02. The maximum atomic E-state index is 13.2. The van der Waals surface area contributed by atoms with Gasteiger partial charge in [0.2, 0.25) is 0 Å². The van der Waals surface area contributed by atoms with Gasteiger partial charge in [-0.2, -0.15) is 30.7 Å². The van der Waals surface area contributed by atoms with E-state index in [1.165, 1.54) is 18.5 Å². The fourth-order valence-electron chi connectivity index (χ4n) is 1.54. The van der Waals surface area contributed by atoms with E-state index in [-0.39, 0.29) is 6.54 Å². The quantitative estimate of drug-likeness (QED) is 0.420. The van der Waals surface area contributed by atoms with E-state index < -0.39 is 30.3 Å². The highest BCUT2D eigenvalue weighted by molar-refractivity contribution is 5.79. The lowest BCUT2D eigenvalue weighted by molar-refractivity contribution is -0.350. The minimum atomic E-state index is -6.62. The van der Waals surface area contributed by atoms with Crippen LogP contribution in [-0.4, -0.2) is 46.7 Å². The topological polar surface area (TPSA) is 32.8 Å². The van der Waals surface area contributed by atoms with Gasteiger partial charge in [-0.3, -0.25) is 0 Å². The van der Waals surface area contributed by atoms with Gasteiger partial charge in [0.1, 0.15) is 0 Å². The van der Waals surface area contributed by atoms with Crippen molar-refractivity contribution in [1.82, 2.24) is 9.80 Å². The van der Waals surface area contributed by atoms with Crippen LogP contribution in [0.4, 0.5) is 30.7 Å². The van der Waals surface area contributed by atoms with Gasteiger partial charge < -0.3 is 14.5 Å². The van der Waals surface area contributed by atoms with Gasteiger partial charge in [-0.1, -0.05) is 12.7 Å². The smallest absolute Gasteiger partial charge is 0.417 e. The second-order valence-corrected chi connectivity index (χ2v) is 4.29. The van der Waals surface area contributed by atoms with Gasteiger partial charge in [-0.25, -0.2) is 4.79 Å². The van der Waals surface area contributed by atoms with Crippen LogP contribution in [0, 0.1) is 0 Å². The molecular formula is C12H11F7N2O2. The molecule has 4 nitrogen and oxygen atoms in total. The molecule has 0 aromatic heterocycles. The Hall–Kier alpha value is -2.20. The van der Waals surface area contributed by atoms with E-state index >= 15 is 0 Å². The van der Waals surface area contributed by atoms with Crippen molar-refractivity contribution in [1.29, 1.82) is 0 Å². The summed E-state index contributed by atoms with van der Waals surface area (Å²) in [5.41, 5.74) is 0. The van der Waals surface area contributed by atoms with Crippen molar-refractivity contribution in [3.63, 3.8) is 0 Å². The number of hydrogen-bond donors (Lipinski definition) is 0. The molecule has 0 N–H and O–H groups in total. The molecular weight excluding hydrogens is 337 g/mol. The summed E-state index contributed by atoms with van der Waals surface area (Å²) in [5, 5.41) is 0. The number of halogens is 7. The van der Waals surface area contributed by atoms with E-state index in [2.05, 4.69) is 17.9 Å². The summed E-state index contributed by atoms with van der Waals surface area (Å²) in [6.07, 6.45) is -3.64. The zero-order valence-electron chi connectivity index (χ0n) is 11.4. The molecule has 1 rings (SSSR count). The number of nitrogens with zero attached hydrogens (tertiary/aromatic N) is 2. The monoisotopic (exact) mass is 348 g/mol. The largest absolute Gasteiger partial charge is 0.460 e. The van der Waals surface area contributed by atoms with E-state index in [4.69, 9.17) is 0 Å². The minimum absolute atomic E-state index is 0.0555. The molecule has 1 aliphatic heterocycles. The van der Waals surface area contributed by atoms with Gasteiger partial charge in [0.25, 0.3) is 6.35 Å². The number of alkyl halides is 7. The summed E-state index contributed by atoms with van der Waals surface area (Å²) >= 11 is 0. The summed E-state index contributed by atoms with van der Waals surface area (Å²) in [7, 11) is 0. The maximum Gasteiger partial charge on any atom is 0.460 e. The number of esters is 1. The highest BCUT2D eigenvalue weighted by Crippen LogP contribution is 2.47. The molecule has 0 amide bonds. The molecule has 0 radical (unpaired) electrons. The lowest BCUT2D eigenvalue weighted by Gasteiger charge is -2.32. The average Bonchev–Trinajstić information content (AvgIpc) is 2.80. The molecule has 0 spiro atoms. The van der Waals surface area contributed by atoms with Gasteiger partial charge in [-0.05, 0) is 0 Å². The summed E-state index contributed by atoms with van der Waals surface area (Å²) in [6.45, 7) is 6.54. The normalized spacial score (nSPS) is 19.0. The first-order valence-corrected chi connectivity index (χ1v) is 5.88. The van der Waals surface area contributed by atoms with Crippen LogP contribution < -0.4 is 0 Å². The standard InChI is InChI=1S/C12H11F7N2O2/c1-3-5-21-7-6-20(4-2)9(21)23-8(22)10(13,14)11(15,16)12(17,18)19/h3-4,6-7,9H,1-2,5H2. The van der Waals surface area contributed by atoms with Crippen LogP contribution in [-0.2, 0) is 9.53 Å². The Labute approximate surface area is 126 Å². The van der Waals surface area contributed by atoms with Gasteiger partial charge in [0.15, 0.2) is 0 Å². The third-order valence-electron chi connectivity index (χ3n) is 2.74. The van der Waals surface area contributed by atoms with Crippen LogP contribution in [0.25, 0.3) is 0 Å². The van der Waals surface area contributed by atoms with Crippen molar-refractivity contribution in [2.24, 2.45) is 0 Å². The molecule has 0 aliphatic carbocycles. The molecule has 23 heavy (non-hydrogen) atoms. The molecule has 1 heterocycles. The van der Waals surface area contributed by atoms with Gasteiger partial charge in [-0.15, -0.1) is 6.58 Å². The van der Waals surface area contributed by atoms with E-state index in [0.717, 1.165) is 16.0 Å². The predicted octanol–water partition coefficient (Wildman–Crippen LogP) is 3.06. The molecule has 0 saturated carbocycles. The molecule has 1 atom stereocenters. The SMILES string of the molecule is C=CCN1C=CN(C=C)C1OC(=O)C(F)(F)C(F)(F)C(F)(F)F. The van der Waals surface area contributed by atoms with Crippen molar-refractivity contribution in [3.8, 4) is 0 Å². The first-order valence-electron chi connectivity index (χ1n) is 5.88. The summed E-state index contributed by atoms with van der Waals surface area (Å²) in [4.78, 5) is 13.2. The number of carbonyl (C=O) groups excluding carboxylic acids is 1. The Morgan fingerprint density at radius 3 is 2.13 bits per heavy atom. The van der Waals surface area contributed by atoms with E-state index in [1.54, 1.807) is 0 Å². The molecule has 0 fully saturated rings. The Morgan fingerprint density at radius 2 is 1.70 bits per heavy atom. The third-order valence-corrected chi connectivity index (χ3v) is 2.74. The molecule has 0 bridgehead atoms. The minimum Gasteiger partial charge on any atom is -0.417 e. The second-order valence-electron chi connectivity index (χ2n) is 4.29. The second kappa shape index (κ2) is 6.13. The highest BCUT2D eigenvalue weighted by atomic mass is 19.4. The molecule has 130 valence electrons. The molecule has 0 aromatic rings. The first kappa shape index (κ1) is 18.8. The summed E-state index contributed by atoms with van der Waals surface area (Å²) < 4.78 is 92.3. The molecule has 1 unspecified atom stereocenters. The fraction of sp³-hybridized carbons (Fsp3) is 0.417. The number of rotatable bonds is 6. The molecule has 0 aromatic carbocycles. The number of carbonyl (C=O) groups is 1. The van der Waals surface area contributed by atoms with Crippen LogP contribution in [0.5, 0.6) is 0 Å². The van der Waals surface area contributed by atoms with E-state index in [1.807, 2.05) is 0 Å². The third kappa shape index (κ3) is 3.27.